The number of methoxy groups -OCH3 is 2. The number of rotatable bonds is 8. The van der Waals surface area contributed by atoms with Gasteiger partial charge in [-0.1, -0.05) is 0 Å². The Morgan fingerprint density at radius 2 is 1.89 bits per heavy atom. The number of carbonyl (C=O) groups excluding carboxylic acids is 1. The quantitative estimate of drug-likeness (QED) is 0.432. The lowest BCUT2D eigenvalue weighted by Crippen LogP contribution is -2.12. The van der Waals surface area contributed by atoms with E-state index in [9.17, 15) is 4.79 Å². The summed E-state index contributed by atoms with van der Waals surface area (Å²) in [5, 5.41) is 0. The van der Waals surface area contributed by atoms with Crippen molar-refractivity contribution in [2.45, 2.75) is 0 Å². The molecule has 6 nitrogen and oxygen atoms in total. The zero-order valence-corrected chi connectivity index (χ0v) is 11.2. The van der Waals surface area contributed by atoms with Crippen LogP contribution in [0.25, 0.3) is 0 Å². The van der Waals surface area contributed by atoms with Crippen molar-refractivity contribution in [2.24, 2.45) is 0 Å². The van der Waals surface area contributed by atoms with Crippen LogP contribution in [-0.2, 0) is 14.2 Å². The van der Waals surface area contributed by atoms with Crippen molar-refractivity contribution < 1.29 is 23.7 Å². The zero-order valence-electron chi connectivity index (χ0n) is 11.2. The Labute approximate surface area is 112 Å². The zero-order chi connectivity index (χ0) is 14.1. The largest absolute Gasteiger partial charge is 0.490 e. The van der Waals surface area contributed by atoms with Gasteiger partial charge in [0.2, 0.25) is 0 Å². The van der Waals surface area contributed by atoms with Crippen LogP contribution in [0.1, 0.15) is 10.4 Å². The summed E-state index contributed by atoms with van der Waals surface area (Å²) in [5.41, 5.74) is 6.41. The maximum Gasteiger partial charge on any atom is 0.341 e. The van der Waals surface area contributed by atoms with Crippen LogP contribution in [0.5, 0.6) is 5.75 Å². The molecule has 0 heterocycles. The van der Waals surface area contributed by atoms with Crippen molar-refractivity contribution in [3.63, 3.8) is 0 Å². The van der Waals surface area contributed by atoms with Gasteiger partial charge in [-0.3, -0.25) is 0 Å². The number of hydrogen-bond donors (Lipinski definition) is 1. The molecule has 19 heavy (non-hydrogen) atoms. The van der Waals surface area contributed by atoms with Gasteiger partial charge < -0.3 is 24.7 Å². The summed E-state index contributed by atoms with van der Waals surface area (Å²) < 4.78 is 20.2. The first-order valence-electron chi connectivity index (χ1n) is 5.86. The van der Waals surface area contributed by atoms with Gasteiger partial charge in [-0.25, -0.2) is 4.79 Å². The summed E-state index contributed by atoms with van der Waals surface area (Å²) in [6.07, 6.45) is 0. The van der Waals surface area contributed by atoms with Crippen molar-refractivity contribution in [1.82, 2.24) is 0 Å². The van der Waals surface area contributed by atoms with E-state index in [-0.39, 0.29) is 0 Å². The molecule has 2 N–H and O–H groups in total. The third-order valence-corrected chi connectivity index (χ3v) is 2.33. The molecule has 0 saturated heterocycles. The van der Waals surface area contributed by atoms with Gasteiger partial charge in [0.15, 0.2) is 0 Å². The smallest absolute Gasteiger partial charge is 0.341 e. The Balaban J connectivity index is 2.50. The lowest BCUT2D eigenvalue weighted by molar-refractivity contribution is 0.0524. The Morgan fingerprint density at radius 3 is 2.58 bits per heavy atom. The van der Waals surface area contributed by atoms with E-state index in [1.54, 1.807) is 19.2 Å². The summed E-state index contributed by atoms with van der Waals surface area (Å²) in [7, 11) is 2.92. The summed E-state index contributed by atoms with van der Waals surface area (Å²) in [4.78, 5) is 11.6. The second-order valence-corrected chi connectivity index (χ2v) is 3.70. The average Bonchev–Trinajstić information content (AvgIpc) is 2.43. The first-order valence-corrected chi connectivity index (χ1v) is 5.86. The first-order chi connectivity index (χ1) is 9.19. The van der Waals surface area contributed by atoms with Crippen molar-refractivity contribution in [1.29, 1.82) is 0 Å². The highest BCUT2D eigenvalue weighted by molar-refractivity contribution is 5.93. The van der Waals surface area contributed by atoms with Crippen LogP contribution in [0.15, 0.2) is 18.2 Å². The molecule has 0 aliphatic carbocycles. The Kier molecular flexibility index (Phi) is 6.70. The number of anilines is 1. The predicted molar refractivity (Wildman–Crippen MR) is 70.4 cm³/mol. The molecule has 1 rings (SSSR count). The molecule has 0 fully saturated rings. The Hall–Kier alpha value is -1.79. The third-order valence-electron chi connectivity index (χ3n) is 2.33. The van der Waals surface area contributed by atoms with Gasteiger partial charge in [-0.05, 0) is 18.2 Å². The molecule has 0 atom stereocenters. The van der Waals surface area contributed by atoms with Gasteiger partial charge in [0.1, 0.15) is 17.9 Å². The van der Waals surface area contributed by atoms with Gasteiger partial charge in [0, 0.05) is 12.8 Å². The minimum atomic E-state index is -0.484. The highest BCUT2D eigenvalue weighted by Crippen LogP contribution is 2.22. The van der Waals surface area contributed by atoms with E-state index in [4.69, 9.17) is 19.9 Å². The van der Waals surface area contributed by atoms with Crippen molar-refractivity contribution in [2.75, 3.05) is 46.4 Å². The number of benzene rings is 1. The van der Waals surface area contributed by atoms with Gasteiger partial charge in [-0.15, -0.1) is 0 Å². The monoisotopic (exact) mass is 269 g/mol. The number of nitrogen functional groups attached to an aromatic ring is 1. The molecule has 0 aliphatic rings. The molecule has 0 amide bonds. The second-order valence-electron chi connectivity index (χ2n) is 3.70. The van der Waals surface area contributed by atoms with Crippen molar-refractivity contribution in [3.05, 3.63) is 23.8 Å². The highest BCUT2D eigenvalue weighted by atomic mass is 16.5. The van der Waals surface area contributed by atoms with Gasteiger partial charge in [-0.2, -0.15) is 0 Å². The standard InChI is InChI=1S/C13H19NO5/c1-16-5-6-18-7-8-19-12-4-3-10(14)9-11(12)13(15)17-2/h3-4,9H,5-8,14H2,1-2H3. The van der Waals surface area contributed by atoms with E-state index in [2.05, 4.69) is 4.74 Å². The first kappa shape index (κ1) is 15.3. The van der Waals surface area contributed by atoms with Gasteiger partial charge >= 0.3 is 5.97 Å². The van der Waals surface area contributed by atoms with Crippen LogP contribution in [0.4, 0.5) is 5.69 Å². The van der Waals surface area contributed by atoms with Crippen LogP contribution < -0.4 is 10.5 Å². The van der Waals surface area contributed by atoms with E-state index in [0.717, 1.165) is 0 Å². The van der Waals surface area contributed by atoms with Crippen molar-refractivity contribution >= 4 is 11.7 Å². The van der Waals surface area contributed by atoms with Crippen LogP contribution in [-0.4, -0.2) is 46.6 Å². The number of nitrogens with two attached hydrogens (primary N) is 1. The van der Waals surface area contributed by atoms with Crippen LogP contribution in [0, 0.1) is 0 Å². The summed E-state index contributed by atoms with van der Waals surface area (Å²) in [6.45, 7) is 1.78. The molecule has 0 aromatic heterocycles. The molecular formula is C13H19NO5. The van der Waals surface area contributed by atoms with Crippen LogP contribution in [0.2, 0.25) is 0 Å². The average molecular weight is 269 g/mol. The summed E-state index contributed by atoms with van der Waals surface area (Å²) >= 11 is 0. The molecular weight excluding hydrogens is 250 g/mol. The number of ether oxygens (including phenoxy) is 4. The molecule has 0 bridgehead atoms. The Bertz CT molecular complexity index is 408. The summed E-state index contributed by atoms with van der Waals surface area (Å²) in [5.74, 6) is -0.0565. The maximum atomic E-state index is 11.6. The number of carbonyl (C=O) groups is 1. The minimum Gasteiger partial charge on any atom is -0.490 e. The fraction of sp³-hybridized carbons (Fsp3) is 0.462. The Morgan fingerprint density at radius 1 is 1.16 bits per heavy atom. The van der Waals surface area contributed by atoms with Crippen molar-refractivity contribution in [3.8, 4) is 5.75 Å². The van der Waals surface area contributed by atoms with Gasteiger partial charge in [0.05, 0.1) is 26.9 Å². The maximum absolute atomic E-state index is 11.6. The molecule has 1 aromatic carbocycles. The number of hydrogen-bond acceptors (Lipinski definition) is 6. The highest BCUT2D eigenvalue weighted by Gasteiger charge is 2.13. The van der Waals surface area contributed by atoms with E-state index in [1.807, 2.05) is 0 Å². The normalized spacial score (nSPS) is 10.2. The second kappa shape index (κ2) is 8.34. The third kappa shape index (κ3) is 5.15. The fourth-order valence-corrected chi connectivity index (χ4v) is 1.40. The minimum absolute atomic E-state index is 0.305. The lowest BCUT2D eigenvalue weighted by Gasteiger charge is -2.11. The van der Waals surface area contributed by atoms with E-state index < -0.39 is 5.97 Å². The molecule has 0 unspecified atom stereocenters. The van der Waals surface area contributed by atoms with E-state index in [1.165, 1.54) is 13.2 Å². The molecule has 0 radical (unpaired) electrons. The van der Waals surface area contributed by atoms with Crippen LogP contribution in [0.3, 0.4) is 0 Å². The molecule has 0 spiro atoms. The molecule has 6 heteroatoms. The molecule has 0 saturated carbocycles. The fourth-order valence-electron chi connectivity index (χ4n) is 1.40. The summed E-state index contributed by atoms with van der Waals surface area (Å²) in [6, 6.07) is 4.82. The van der Waals surface area contributed by atoms with E-state index in [0.29, 0.717) is 43.4 Å². The molecule has 106 valence electrons. The predicted octanol–water partition coefficient (Wildman–Crippen LogP) is 1.10. The van der Waals surface area contributed by atoms with Gasteiger partial charge in [0.25, 0.3) is 0 Å². The van der Waals surface area contributed by atoms with E-state index >= 15 is 0 Å². The lowest BCUT2D eigenvalue weighted by atomic mass is 10.2. The molecule has 0 aliphatic heterocycles. The SMILES string of the molecule is COCCOCCOc1ccc(N)cc1C(=O)OC. The topological polar surface area (TPSA) is 80.0 Å². The molecule has 1 aromatic rings. The van der Waals surface area contributed by atoms with Crippen LogP contribution >= 0.6 is 0 Å². The number of esters is 1.